The Balaban J connectivity index is 1.54. The first-order chi connectivity index (χ1) is 14.2. The van der Waals surface area contributed by atoms with Crippen molar-refractivity contribution in [3.63, 3.8) is 0 Å². The van der Waals surface area contributed by atoms with Crippen molar-refractivity contribution in [2.24, 2.45) is 0 Å². The molecule has 0 amide bonds. The van der Waals surface area contributed by atoms with Gasteiger partial charge in [0.1, 0.15) is 4.83 Å². The van der Waals surface area contributed by atoms with E-state index in [-0.39, 0.29) is 11.0 Å². The zero-order chi connectivity index (χ0) is 20.2. The van der Waals surface area contributed by atoms with Gasteiger partial charge in [0.05, 0.1) is 12.0 Å². The summed E-state index contributed by atoms with van der Waals surface area (Å²) in [6, 6.07) is 11.3. The van der Waals surface area contributed by atoms with Gasteiger partial charge in [-0.15, -0.1) is 11.3 Å². The van der Waals surface area contributed by atoms with Crippen molar-refractivity contribution in [3.8, 4) is 16.9 Å². The third kappa shape index (κ3) is 4.28. The molecule has 4 rings (SSSR count). The number of hydrogen-bond acceptors (Lipinski definition) is 6. The molecule has 0 fully saturated rings. The fraction of sp³-hybridized carbons (Fsp3) is 0.190. The van der Waals surface area contributed by atoms with Crippen molar-refractivity contribution in [2.75, 3.05) is 6.61 Å². The van der Waals surface area contributed by atoms with E-state index in [1.54, 1.807) is 6.20 Å². The maximum atomic E-state index is 12.7. The lowest BCUT2D eigenvalue weighted by Crippen LogP contribution is -2.10. The van der Waals surface area contributed by atoms with Gasteiger partial charge in [-0.1, -0.05) is 49.0 Å². The SMILES string of the molecule is CCCOc1c[nH]c(CSc2nc3scc(-c4ccccc4)c3c(=O)[nH]2)cc1=O. The number of nitrogens with zero attached hydrogens (tertiary/aromatic N) is 1. The van der Waals surface area contributed by atoms with Gasteiger partial charge in [-0.25, -0.2) is 4.98 Å². The molecule has 148 valence electrons. The summed E-state index contributed by atoms with van der Waals surface area (Å²) in [5, 5.41) is 3.09. The van der Waals surface area contributed by atoms with Crippen molar-refractivity contribution < 1.29 is 4.74 Å². The van der Waals surface area contributed by atoms with Gasteiger partial charge in [-0.05, 0) is 12.0 Å². The van der Waals surface area contributed by atoms with Crippen molar-refractivity contribution in [1.29, 1.82) is 0 Å². The Morgan fingerprint density at radius 3 is 2.79 bits per heavy atom. The molecule has 6 nitrogen and oxygen atoms in total. The molecule has 0 atom stereocenters. The highest BCUT2D eigenvalue weighted by molar-refractivity contribution is 7.98. The summed E-state index contributed by atoms with van der Waals surface area (Å²) in [4.78, 5) is 36.0. The molecule has 0 unspecified atom stereocenters. The molecule has 4 aromatic rings. The topological polar surface area (TPSA) is 87.8 Å². The molecule has 0 aliphatic heterocycles. The van der Waals surface area contributed by atoms with Crippen LogP contribution in [0.4, 0.5) is 0 Å². The van der Waals surface area contributed by atoms with Crippen LogP contribution in [0.15, 0.2) is 62.7 Å². The number of thiophene rings is 1. The molecule has 0 spiro atoms. The number of pyridine rings is 1. The van der Waals surface area contributed by atoms with Crippen LogP contribution in [0.5, 0.6) is 5.75 Å². The quantitative estimate of drug-likeness (QED) is 0.338. The summed E-state index contributed by atoms with van der Waals surface area (Å²) >= 11 is 2.82. The average Bonchev–Trinajstić information content (AvgIpc) is 3.17. The predicted molar refractivity (Wildman–Crippen MR) is 118 cm³/mol. The number of nitrogens with one attached hydrogen (secondary N) is 2. The second-order valence-electron chi connectivity index (χ2n) is 6.39. The van der Waals surface area contributed by atoms with Crippen molar-refractivity contribution in [1.82, 2.24) is 15.0 Å². The van der Waals surface area contributed by atoms with Crippen molar-refractivity contribution in [2.45, 2.75) is 24.3 Å². The van der Waals surface area contributed by atoms with E-state index in [4.69, 9.17) is 4.74 Å². The number of aromatic nitrogens is 3. The van der Waals surface area contributed by atoms with Crippen LogP contribution in [0, 0.1) is 0 Å². The molecule has 2 N–H and O–H groups in total. The molecule has 0 radical (unpaired) electrons. The molecule has 0 aliphatic rings. The van der Waals surface area contributed by atoms with E-state index < -0.39 is 0 Å². The van der Waals surface area contributed by atoms with Gasteiger partial charge in [0, 0.05) is 34.7 Å². The second kappa shape index (κ2) is 8.67. The number of fused-ring (bicyclic) bond motifs is 1. The lowest BCUT2D eigenvalue weighted by atomic mass is 10.1. The van der Waals surface area contributed by atoms with Gasteiger partial charge in [-0.3, -0.25) is 9.59 Å². The largest absolute Gasteiger partial charge is 0.488 e. The highest BCUT2D eigenvalue weighted by Crippen LogP contribution is 2.31. The lowest BCUT2D eigenvalue weighted by Gasteiger charge is -2.06. The van der Waals surface area contributed by atoms with E-state index in [2.05, 4.69) is 15.0 Å². The predicted octanol–water partition coefficient (Wildman–Crippen LogP) is 4.42. The molecule has 1 aromatic carbocycles. The molecule has 29 heavy (non-hydrogen) atoms. The zero-order valence-corrected chi connectivity index (χ0v) is 17.4. The summed E-state index contributed by atoms with van der Waals surface area (Å²) in [6.45, 7) is 2.49. The smallest absolute Gasteiger partial charge is 0.260 e. The van der Waals surface area contributed by atoms with E-state index >= 15 is 0 Å². The molecule has 3 heterocycles. The standard InChI is InChI=1S/C21H19N3O3S2/c1-2-8-27-17-10-22-14(9-16(17)25)11-29-21-23-19(26)18-15(12-28-20(18)24-21)13-6-4-3-5-7-13/h3-7,9-10,12H,2,8,11H2,1H3,(H,22,25)(H,23,24,26). The number of aromatic amines is 2. The van der Waals surface area contributed by atoms with Crippen LogP contribution >= 0.6 is 23.1 Å². The van der Waals surface area contributed by atoms with E-state index in [0.29, 0.717) is 33.5 Å². The fourth-order valence-electron chi connectivity index (χ4n) is 2.88. The second-order valence-corrected chi connectivity index (χ2v) is 8.21. The number of hydrogen-bond donors (Lipinski definition) is 2. The fourth-order valence-corrected chi connectivity index (χ4v) is 4.67. The number of rotatable bonds is 7. The van der Waals surface area contributed by atoms with Gasteiger partial charge < -0.3 is 14.7 Å². The van der Waals surface area contributed by atoms with Crippen molar-refractivity contribution in [3.05, 3.63) is 74.2 Å². The highest BCUT2D eigenvalue weighted by Gasteiger charge is 2.13. The Hall–Kier alpha value is -2.84. The van der Waals surface area contributed by atoms with Gasteiger partial charge in [0.25, 0.3) is 5.56 Å². The molecule has 0 saturated carbocycles. The Labute approximate surface area is 175 Å². The van der Waals surface area contributed by atoms with Crippen LogP contribution in [0.25, 0.3) is 21.3 Å². The molecule has 3 aromatic heterocycles. The first kappa shape index (κ1) is 19.5. The molecule has 0 bridgehead atoms. The van der Waals surface area contributed by atoms with E-state index in [1.165, 1.54) is 29.2 Å². The number of H-pyrrole nitrogens is 2. The minimum absolute atomic E-state index is 0.157. The first-order valence-electron chi connectivity index (χ1n) is 9.20. The summed E-state index contributed by atoms with van der Waals surface area (Å²) in [6.07, 6.45) is 2.42. The van der Waals surface area contributed by atoms with E-state index in [0.717, 1.165) is 23.2 Å². The maximum Gasteiger partial charge on any atom is 0.260 e. The lowest BCUT2D eigenvalue weighted by molar-refractivity contribution is 0.313. The summed E-state index contributed by atoms with van der Waals surface area (Å²) in [5.41, 5.74) is 2.31. The van der Waals surface area contributed by atoms with Gasteiger partial charge in [0.2, 0.25) is 5.43 Å². The average molecular weight is 426 g/mol. The third-order valence-electron chi connectivity index (χ3n) is 4.27. The molecular formula is C21H19N3O3S2. The molecule has 0 aliphatic carbocycles. The minimum Gasteiger partial charge on any atom is -0.488 e. The number of benzene rings is 1. The highest BCUT2D eigenvalue weighted by atomic mass is 32.2. The Bertz CT molecular complexity index is 1250. The normalized spacial score (nSPS) is 11.1. The Morgan fingerprint density at radius 2 is 2.03 bits per heavy atom. The van der Waals surface area contributed by atoms with Gasteiger partial charge >= 0.3 is 0 Å². The summed E-state index contributed by atoms with van der Waals surface area (Å²) in [5.74, 6) is 0.801. The van der Waals surface area contributed by atoms with E-state index in [1.807, 2.05) is 42.6 Å². The van der Waals surface area contributed by atoms with Crippen LogP contribution in [0.1, 0.15) is 19.0 Å². The van der Waals surface area contributed by atoms with Crippen LogP contribution in [0.2, 0.25) is 0 Å². The first-order valence-corrected chi connectivity index (χ1v) is 11.1. The summed E-state index contributed by atoms with van der Waals surface area (Å²) < 4.78 is 5.40. The van der Waals surface area contributed by atoms with Crippen LogP contribution < -0.4 is 15.7 Å². The Morgan fingerprint density at radius 1 is 1.21 bits per heavy atom. The van der Waals surface area contributed by atoms with Crippen LogP contribution in [-0.4, -0.2) is 21.6 Å². The third-order valence-corrected chi connectivity index (χ3v) is 6.06. The Kier molecular flexibility index (Phi) is 5.82. The maximum absolute atomic E-state index is 12.7. The number of thioether (sulfide) groups is 1. The zero-order valence-electron chi connectivity index (χ0n) is 15.7. The monoisotopic (exact) mass is 425 g/mol. The van der Waals surface area contributed by atoms with Crippen molar-refractivity contribution >= 4 is 33.3 Å². The van der Waals surface area contributed by atoms with Crippen LogP contribution in [0.3, 0.4) is 0 Å². The van der Waals surface area contributed by atoms with Crippen LogP contribution in [-0.2, 0) is 5.75 Å². The molecule has 0 saturated heterocycles. The molecule has 8 heteroatoms. The van der Waals surface area contributed by atoms with Gasteiger partial charge in [0.15, 0.2) is 10.9 Å². The minimum atomic E-state index is -0.158. The molecular weight excluding hydrogens is 406 g/mol. The summed E-state index contributed by atoms with van der Waals surface area (Å²) in [7, 11) is 0. The van der Waals surface area contributed by atoms with E-state index in [9.17, 15) is 9.59 Å². The number of ether oxygens (including phenoxy) is 1. The van der Waals surface area contributed by atoms with Gasteiger partial charge in [-0.2, -0.15) is 0 Å².